The van der Waals surface area contributed by atoms with Crippen molar-refractivity contribution in [2.75, 3.05) is 7.11 Å². The molecule has 4 nitrogen and oxygen atoms in total. The summed E-state index contributed by atoms with van der Waals surface area (Å²) in [6, 6.07) is 1.44. The molecule has 0 atom stereocenters. The van der Waals surface area contributed by atoms with Crippen LogP contribution in [-0.2, 0) is 0 Å². The lowest BCUT2D eigenvalue weighted by Crippen LogP contribution is -1.99. The first-order chi connectivity index (χ1) is 6.07. The normalized spacial score (nSPS) is 9.77. The summed E-state index contributed by atoms with van der Waals surface area (Å²) in [6.45, 7) is 0. The zero-order valence-electron chi connectivity index (χ0n) is 6.58. The molecule has 0 saturated heterocycles. The van der Waals surface area contributed by atoms with E-state index in [-0.39, 0.29) is 0 Å². The molecule has 0 fully saturated rings. The highest BCUT2D eigenvalue weighted by molar-refractivity contribution is 5.48. The number of nitrogens with zero attached hydrogens (tertiary/aromatic N) is 1. The predicted octanol–water partition coefficient (Wildman–Crippen LogP) is 1.88. The smallest absolute Gasteiger partial charge is 0.349 e. The third kappa shape index (κ3) is 1.56. The fourth-order valence-corrected chi connectivity index (χ4v) is 0.887. The summed E-state index contributed by atoms with van der Waals surface area (Å²) in [6.07, 6.45) is 0. The summed E-state index contributed by atoms with van der Waals surface area (Å²) in [5, 5.41) is 10.3. The first-order valence-corrected chi connectivity index (χ1v) is 3.24. The minimum Gasteiger partial charge on any atom is -0.488 e. The fourth-order valence-electron chi connectivity index (χ4n) is 0.887. The van der Waals surface area contributed by atoms with Crippen molar-refractivity contribution in [1.29, 1.82) is 0 Å². The first-order valence-electron chi connectivity index (χ1n) is 3.24. The number of ether oxygens (including phenoxy) is 1. The van der Waals surface area contributed by atoms with Crippen molar-refractivity contribution in [2.45, 2.75) is 0 Å². The molecule has 0 aliphatic rings. The largest absolute Gasteiger partial charge is 0.488 e. The standard InChI is InChI=1S/C7H5F2NO3/c1-13-7-5(9)3-2-4(8)6(7)10(11)12/h2-3H,1H3. The molecule has 6 heteroatoms. The number of nitro groups is 1. The van der Waals surface area contributed by atoms with Crippen molar-refractivity contribution in [3.8, 4) is 5.75 Å². The number of nitro benzene ring substituents is 1. The van der Waals surface area contributed by atoms with Gasteiger partial charge in [0.1, 0.15) is 0 Å². The highest BCUT2D eigenvalue weighted by atomic mass is 19.1. The van der Waals surface area contributed by atoms with Gasteiger partial charge in [-0.1, -0.05) is 0 Å². The molecule has 70 valence electrons. The van der Waals surface area contributed by atoms with Gasteiger partial charge in [-0.25, -0.2) is 4.39 Å². The van der Waals surface area contributed by atoms with Crippen molar-refractivity contribution in [3.63, 3.8) is 0 Å². The summed E-state index contributed by atoms with van der Waals surface area (Å²) in [7, 11) is 1.03. The molecular weight excluding hydrogens is 184 g/mol. The topological polar surface area (TPSA) is 52.4 Å². The molecule has 0 heterocycles. The van der Waals surface area contributed by atoms with Crippen molar-refractivity contribution in [2.24, 2.45) is 0 Å². The molecule has 0 bridgehead atoms. The van der Waals surface area contributed by atoms with Gasteiger partial charge in [-0.15, -0.1) is 0 Å². The van der Waals surface area contributed by atoms with Crippen LogP contribution in [0.1, 0.15) is 0 Å². The Morgan fingerprint density at radius 1 is 1.38 bits per heavy atom. The van der Waals surface area contributed by atoms with Gasteiger partial charge in [-0.2, -0.15) is 4.39 Å². The molecular formula is C7H5F2NO3. The maximum Gasteiger partial charge on any atom is 0.349 e. The SMILES string of the molecule is COc1c(F)ccc(F)c1[N+](=O)[O-]. The number of methoxy groups -OCH3 is 1. The van der Waals surface area contributed by atoms with E-state index in [1.165, 1.54) is 0 Å². The van der Waals surface area contributed by atoms with Crippen LogP contribution in [0.15, 0.2) is 12.1 Å². The van der Waals surface area contributed by atoms with Gasteiger partial charge < -0.3 is 4.74 Å². The second kappa shape index (κ2) is 3.34. The number of halogens is 2. The van der Waals surface area contributed by atoms with E-state index < -0.39 is 28.0 Å². The van der Waals surface area contributed by atoms with Crippen LogP contribution in [0, 0.1) is 21.7 Å². The quantitative estimate of drug-likeness (QED) is 0.527. The summed E-state index contributed by atoms with van der Waals surface area (Å²) in [4.78, 5) is 9.24. The van der Waals surface area contributed by atoms with Gasteiger partial charge in [0.05, 0.1) is 12.0 Å². The molecule has 1 aromatic rings. The molecule has 1 rings (SSSR count). The Morgan fingerprint density at radius 2 is 1.92 bits per heavy atom. The first kappa shape index (κ1) is 9.37. The van der Waals surface area contributed by atoms with Gasteiger partial charge in [-0.05, 0) is 12.1 Å². The van der Waals surface area contributed by atoms with Crippen LogP contribution in [0.2, 0.25) is 0 Å². The molecule has 0 N–H and O–H groups in total. The molecule has 1 aromatic carbocycles. The Kier molecular flexibility index (Phi) is 2.41. The van der Waals surface area contributed by atoms with Gasteiger partial charge in [-0.3, -0.25) is 10.1 Å². The van der Waals surface area contributed by atoms with Crippen LogP contribution in [-0.4, -0.2) is 12.0 Å². The van der Waals surface area contributed by atoms with E-state index >= 15 is 0 Å². The molecule has 0 aromatic heterocycles. The third-order valence-corrected chi connectivity index (χ3v) is 1.42. The monoisotopic (exact) mass is 189 g/mol. The van der Waals surface area contributed by atoms with E-state index in [1.807, 2.05) is 0 Å². The van der Waals surface area contributed by atoms with Gasteiger partial charge in [0.25, 0.3) is 0 Å². The van der Waals surface area contributed by atoms with Crippen LogP contribution in [0.25, 0.3) is 0 Å². The highest BCUT2D eigenvalue weighted by Crippen LogP contribution is 2.31. The Bertz CT molecular complexity index is 354. The molecule has 0 saturated carbocycles. The van der Waals surface area contributed by atoms with Crippen molar-refractivity contribution in [1.82, 2.24) is 0 Å². The molecule has 0 aliphatic carbocycles. The molecule has 13 heavy (non-hydrogen) atoms. The second-order valence-electron chi connectivity index (χ2n) is 2.17. The molecule has 0 aliphatic heterocycles. The van der Waals surface area contributed by atoms with Crippen LogP contribution in [0.3, 0.4) is 0 Å². The van der Waals surface area contributed by atoms with Gasteiger partial charge in [0.2, 0.25) is 11.6 Å². The van der Waals surface area contributed by atoms with E-state index in [2.05, 4.69) is 4.74 Å². The van der Waals surface area contributed by atoms with E-state index in [0.717, 1.165) is 13.2 Å². The summed E-state index contributed by atoms with van der Waals surface area (Å²) >= 11 is 0. The zero-order chi connectivity index (χ0) is 10.0. The maximum absolute atomic E-state index is 12.8. The predicted molar refractivity (Wildman–Crippen MR) is 39.6 cm³/mol. The van der Waals surface area contributed by atoms with Gasteiger partial charge in [0, 0.05) is 0 Å². The van der Waals surface area contributed by atoms with Crippen LogP contribution in [0.4, 0.5) is 14.5 Å². The summed E-state index contributed by atoms with van der Waals surface area (Å²) in [5.74, 6) is -2.77. The van der Waals surface area contributed by atoms with E-state index in [4.69, 9.17) is 0 Å². The van der Waals surface area contributed by atoms with Gasteiger partial charge in [0.15, 0.2) is 5.82 Å². The Labute approximate surface area is 71.9 Å². The minimum atomic E-state index is -1.12. The van der Waals surface area contributed by atoms with E-state index in [9.17, 15) is 18.9 Å². The maximum atomic E-state index is 12.8. The number of rotatable bonds is 2. The highest BCUT2D eigenvalue weighted by Gasteiger charge is 2.24. The number of hydrogen-bond donors (Lipinski definition) is 0. The Balaban J connectivity index is 3.43. The molecule has 0 radical (unpaired) electrons. The van der Waals surface area contributed by atoms with E-state index in [1.54, 1.807) is 0 Å². The third-order valence-electron chi connectivity index (χ3n) is 1.42. The lowest BCUT2D eigenvalue weighted by atomic mass is 10.2. The van der Waals surface area contributed by atoms with E-state index in [0.29, 0.717) is 6.07 Å². The van der Waals surface area contributed by atoms with Crippen molar-refractivity contribution < 1.29 is 18.4 Å². The van der Waals surface area contributed by atoms with Crippen LogP contribution >= 0.6 is 0 Å². The van der Waals surface area contributed by atoms with Gasteiger partial charge >= 0.3 is 5.69 Å². The Morgan fingerprint density at radius 3 is 2.31 bits per heavy atom. The summed E-state index contributed by atoms with van der Waals surface area (Å²) < 4.78 is 29.9. The molecule has 0 amide bonds. The number of benzene rings is 1. The second-order valence-corrected chi connectivity index (χ2v) is 2.17. The lowest BCUT2D eigenvalue weighted by molar-refractivity contribution is -0.388. The van der Waals surface area contributed by atoms with Crippen LogP contribution < -0.4 is 4.74 Å². The summed E-state index contributed by atoms with van der Waals surface area (Å²) in [5.41, 5.74) is -0.984. The van der Waals surface area contributed by atoms with Crippen molar-refractivity contribution in [3.05, 3.63) is 33.9 Å². The fraction of sp³-hybridized carbons (Fsp3) is 0.143. The molecule has 0 unspecified atom stereocenters. The Hall–Kier alpha value is -1.72. The average molecular weight is 189 g/mol. The number of hydrogen-bond acceptors (Lipinski definition) is 3. The van der Waals surface area contributed by atoms with Crippen molar-refractivity contribution >= 4 is 5.69 Å². The molecule has 0 spiro atoms. The lowest BCUT2D eigenvalue weighted by Gasteiger charge is -2.02. The average Bonchev–Trinajstić information content (AvgIpc) is 2.07. The minimum absolute atomic E-state index is 0.677. The zero-order valence-corrected chi connectivity index (χ0v) is 6.58. The van der Waals surface area contributed by atoms with Crippen LogP contribution in [0.5, 0.6) is 5.75 Å².